The fraction of sp³-hybridized carbons (Fsp3) is 0.233. The minimum atomic E-state index is -4.23. The molecular weight excluding hydrogens is 572 g/mol. The van der Waals surface area contributed by atoms with E-state index in [9.17, 15) is 27.9 Å². The summed E-state index contributed by atoms with van der Waals surface area (Å²) >= 11 is 0. The van der Waals surface area contributed by atoms with Crippen molar-refractivity contribution in [1.29, 1.82) is 0 Å². The van der Waals surface area contributed by atoms with Crippen LogP contribution in [0.25, 0.3) is 22.1 Å². The van der Waals surface area contributed by atoms with Crippen molar-refractivity contribution >= 4 is 44.0 Å². The summed E-state index contributed by atoms with van der Waals surface area (Å²) in [5, 5.41) is 12.4. The van der Waals surface area contributed by atoms with E-state index >= 15 is 0 Å². The number of carboxylic acids is 1. The molecule has 0 saturated heterocycles. The number of hydrogen-bond acceptors (Lipinski definition) is 7. The first-order valence-corrected chi connectivity index (χ1v) is 14.9. The van der Waals surface area contributed by atoms with E-state index in [0.717, 1.165) is 16.6 Å². The number of imidazole rings is 1. The van der Waals surface area contributed by atoms with Gasteiger partial charge in [0.15, 0.2) is 5.65 Å². The fourth-order valence-corrected chi connectivity index (χ4v) is 6.92. The maximum atomic E-state index is 13.3. The molecule has 5 aromatic rings. The standard InChI is InChI=1S/C30H30N6O6S/c1-16-10-17(2)27(18(3)11-16)43(41,42)35-23(30(39)40)14-32-29(38)21-15-36(4)24-12-19(7-8-20(24)26(21)37)13-25-33-22-6-5-9-31-28(22)34-25/h5-12,15,23,35H,13-14H2,1-4H3,(H,32,38)(H,39,40)(H,31,33,34). The molecule has 13 heteroatoms. The largest absolute Gasteiger partial charge is 0.480 e. The van der Waals surface area contributed by atoms with Gasteiger partial charge in [-0.3, -0.25) is 14.4 Å². The van der Waals surface area contributed by atoms with Crippen molar-refractivity contribution in [2.24, 2.45) is 7.05 Å². The Morgan fingerprint density at radius 3 is 2.49 bits per heavy atom. The molecular formula is C30H30N6O6S. The average molecular weight is 603 g/mol. The van der Waals surface area contributed by atoms with Crippen molar-refractivity contribution < 1.29 is 23.1 Å². The molecule has 12 nitrogen and oxygen atoms in total. The fourth-order valence-electron chi connectivity index (χ4n) is 5.28. The SMILES string of the molecule is Cc1cc(C)c(S(=O)(=O)NC(CNC(=O)c2cn(C)c3cc(Cc4nc5cccnc5[nH]4)ccc3c2=O)C(=O)O)c(C)c1. The van der Waals surface area contributed by atoms with Crippen LogP contribution in [0.2, 0.25) is 0 Å². The molecule has 2 aromatic carbocycles. The Hall–Kier alpha value is -4.88. The molecule has 0 aliphatic carbocycles. The van der Waals surface area contributed by atoms with Gasteiger partial charge >= 0.3 is 5.97 Å². The van der Waals surface area contributed by atoms with Crippen molar-refractivity contribution in [1.82, 2.24) is 29.6 Å². The highest BCUT2D eigenvalue weighted by molar-refractivity contribution is 7.89. The van der Waals surface area contributed by atoms with Crippen molar-refractivity contribution in [2.45, 2.75) is 38.1 Å². The zero-order chi connectivity index (χ0) is 31.1. The number of carbonyl (C=O) groups excluding carboxylic acids is 1. The summed E-state index contributed by atoms with van der Waals surface area (Å²) in [6.45, 7) is 4.50. The third kappa shape index (κ3) is 6.03. The van der Waals surface area contributed by atoms with Crippen molar-refractivity contribution in [3.8, 4) is 0 Å². The minimum Gasteiger partial charge on any atom is -0.480 e. The molecule has 0 radical (unpaired) electrons. The molecule has 1 amide bonds. The minimum absolute atomic E-state index is 0.0181. The van der Waals surface area contributed by atoms with E-state index in [-0.39, 0.29) is 10.5 Å². The van der Waals surface area contributed by atoms with E-state index in [0.29, 0.717) is 39.9 Å². The van der Waals surface area contributed by atoms with Crippen LogP contribution in [0, 0.1) is 20.8 Å². The third-order valence-electron chi connectivity index (χ3n) is 7.11. The highest BCUT2D eigenvalue weighted by atomic mass is 32.2. The van der Waals surface area contributed by atoms with Crippen LogP contribution in [-0.4, -0.2) is 57.5 Å². The number of fused-ring (bicyclic) bond motifs is 2. The number of hydrogen-bond donors (Lipinski definition) is 4. The first-order chi connectivity index (χ1) is 20.3. The topological polar surface area (TPSA) is 176 Å². The van der Waals surface area contributed by atoms with Crippen LogP contribution in [0.3, 0.4) is 0 Å². The van der Waals surface area contributed by atoms with Gasteiger partial charge in [0.05, 0.1) is 10.4 Å². The van der Waals surface area contributed by atoms with Crippen LogP contribution in [0.4, 0.5) is 0 Å². The van der Waals surface area contributed by atoms with Gasteiger partial charge in [0.25, 0.3) is 5.91 Å². The van der Waals surface area contributed by atoms with Gasteiger partial charge in [0, 0.05) is 37.8 Å². The first kappa shape index (κ1) is 29.6. The Kier molecular flexibility index (Phi) is 7.86. The van der Waals surface area contributed by atoms with Gasteiger partial charge < -0.3 is 20.0 Å². The first-order valence-electron chi connectivity index (χ1n) is 13.4. The number of sulfonamides is 1. The Labute approximate surface area is 246 Å². The molecule has 3 heterocycles. The number of rotatable bonds is 9. The molecule has 0 fully saturated rings. The molecule has 0 aliphatic heterocycles. The Balaban J connectivity index is 1.34. The summed E-state index contributed by atoms with van der Waals surface area (Å²) < 4.78 is 30.0. The molecule has 222 valence electrons. The number of H-pyrrole nitrogens is 1. The predicted octanol–water partition coefficient (Wildman–Crippen LogP) is 2.49. The molecule has 0 aliphatic rings. The Morgan fingerprint density at radius 2 is 1.81 bits per heavy atom. The smallest absolute Gasteiger partial charge is 0.323 e. The van der Waals surface area contributed by atoms with Gasteiger partial charge in [-0.25, -0.2) is 18.4 Å². The summed E-state index contributed by atoms with van der Waals surface area (Å²) in [5.74, 6) is -1.59. The van der Waals surface area contributed by atoms with Crippen LogP contribution < -0.4 is 15.5 Å². The maximum Gasteiger partial charge on any atom is 0.323 e. The molecule has 43 heavy (non-hydrogen) atoms. The molecule has 3 aromatic heterocycles. The van der Waals surface area contributed by atoms with E-state index in [4.69, 9.17) is 0 Å². The summed E-state index contributed by atoms with van der Waals surface area (Å²) in [6.07, 6.45) is 3.52. The van der Waals surface area contributed by atoms with Crippen molar-refractivity contribution in [2.75, 3.05) is 6.54 Å². The van der Waals surface area contributed by atoms with E-state index < -0.39 is 39.9 Å². The van der Waals surface area contributed by atoms with Crippen LogP contribution in [0.15, 0.2) is 64.5 Å². The zero-order valence-corrected chi connectivity index (χ0v) is 24.7. The second kappa shape index (κ2) is 11.4. The number of aromatic nitrogens is 4. The number of carbonyl (C=O) groups is 2. The summed E-state index contributed by atoms with van der Waals surface area (Å²) in [5.41, 5.74) is 3.97. The van der Waals surface area contributed by atoms with Crippen LogP contribution in [-0.2, 0) is 28.3 Å². The van der Waals surface area contributed by atoms with Gasteiger partial charge in [-0.2, -0.15) is 4.72 Å². The number of nitrogens with zero attached hydrogens (tertiary/aromatic N) is 3. The number of benzene rings is 2. The predicted molar refractivity (Wildman–Crippen MR) is 161 cm³/mol. The zero-order valence-electron chi connectivity index (χ0n) is 23.9. The quantitative estimate of drug-likeness (QED) is 0.199. The number of carboxylic acid groups (broad SMARTS) is 1. The van der Waals surface area contributed by atoms with E-state index in [1.807, 2.05) is 19.1 Å². The van der Waals surface area contributed by atoms with E-state index in [1.165, 1.54) is 6.20 Å². The lowest BCUT2D eigenvalue weighted by Crippen LogP contribution is -2.49. The van der Waals surface area contributed by atoms with Gasteiger partial charge in [-0.15, -0.1) is 0 Å². The van der Waals surface area contributed by atoms with E-state index in [1.54, 1.807) is 62.0 Å². The summed E-state index contributed by atoms with van der Waals surface area (Å²) in [6, 6.07) is 10.6. The molecule has 0 bridgehead atoms. The van der Waals surface area contributed by atoms with E-state index in [2.05, 4.69) is 25.0 Å². The number of nitrogens with one attached hydrogen (secondary N) is 3. The number of aliphatic carboxylic acids is 1. The Bertz CT molecular complexity index is 2030. The molecule has 4 N–H and O–H groups in total. The van der Waals surface area contributed by atoms with Crippen molar-refractivity contribution in [3.05, 3.63) is 98.7 Å². The van der Waals surface area contributed by atoms with Gasteiger partial charge in [-0.1, -0.05) is 23.8 Å². The summed E-state index contributed by atoms with van der Waals surface area (Å²) in [4.78, 5) is 50.2. The molecule has 5 rings (SSSR count). The second-order valence-corrected chi connectivity index (χ2v) is 12.2. The van der Waals surface area contributed by atoms with Gasteiger partial charge in [-0.05, 0) is 61.7 Å². The molecule has 0 saturated carbocycles. The molecule has 1 unspecified atom stereocenters. The van der Waals surface area contributed by atoms with Gasteiger partial charge in [0.2, 0.25) is 15.5 Å². The molecule has 0 spiro atoms. The highest BCUT2D eigenvalue weighted by Crippen LogP contribution is 2.22. The molecule has 1 atom stereocenters. The highest BCUT2D eigenvalue weighted by Gasteiger charge is 2.29. The summed E-state index contributed by atoms with van der Waals surface area (Å²) in [7, 11) is -2.54. The lowest BCUT2D eigenvalue weighted by atomic mass is 10.1. The lowest BCUT2D eigenvalue weighted by Gasteiger charge is -2.18. The van der Waals surface area contributed by atoms with Crippen LogP contribution in [0.1, 0.15) is 38.4 Å². The number of amides is 1. The third-order valence-corrected chi connectivity index (χ3v) is 8.89. The normalized spacial score (nSPS) is 12.5. The monoisotopic (exact) mass is 602 g/mol. The Morgan fingerprint density at radius 1 is 1.09 bits per heavy atom. The number of pyridine rings is 2. The lowest BCUT2D eigenvalue weighted by molar-refractivity contribution is -0.138. The second-order valence-electron chi connectivity index (χ2n) is 10.5. The van der Waals surface area contributed by atoms with Crippen LogP contribution in [0.5, 0.6) is 0 Å². The maximum absolute atomic E-state index is 13.3. The van der Waals surface area contributed by atoms with Gasteiger partial charge in [0.1, 0.15) is 22.9 Å². The van der Waals surface area contributed by atoms with Crippen molar-refractivity contribution in [3.63, 3.8) is 0 Å². The number of aryl methyl sites for hydroxylation is 4. The average Bonchev–Trinajstić information content (AvgIpc) is 3.34. The number of aromatic amines is 1. The van der Waals surface area contributed by atoms with Crippen LogP contribution >= 0.6 is 0 Å².